The quantitative estimate of drug-likeness (QED) is 0.678. The number of carbonyl (C=O) groups is 1. The highest BCUT2D eigenvalue weighted by Gasteiger charge is 2.27. The van der Waals surface area contributed by atoms with E-state index in [2.05, 4.69) is 0 Å². The summed E-state index contributed by atoms with van der Waals surface area (Å²) in [4.78, 5) is 21.4. The van der Waals surface area contributed by atoms with Gasteiger partial charge in [-0.3, -0.25) is 4.79 Å². The van der Waals surface area contributed by atoms with Crippen molar-refractivity contribution >= 4 is 14.0 Å². The molecule has 0 radical (unpaired) electrons. The topological polar surface area (TPSA) is 68.5 Å². The zero-order valence-corrected chi connectivity index (χ0v) is 12.9. The molecule has 6 heteroatoms. The number of benzene rings is 1. The molecule has 2 atom stereocenters. The lowest BCUT2D eigenvalue weighted by Gasteiger charge is -2.24. The standard InChI is InChI=1S/C16H16NO4P/c18-16(12-5-2-1-3-6-12)15-9-8-14-13(11-21-22(19)20)7-4-10-17(14)15/h1-3,5-6,8-9,13H,4,7,10-11H2/p+1. The third-order valence-corrected chi connectivity index (χ3v) is 4.39. The molecule has 1 aromatic carbocycles. The van der Waals surface area contributed by atoms with Gasteiger partial charge in [0.15, 0.2) is 0 Å². The molecule has 114 valence electrons. The average Bonchev–Trinajstić information content (AvgIpc) is 2.97. The van der Waals surface area contributed by atoms with Crippen LogP contribution >= 0.6 is 8.25 Å². The van der Waals surface area contributed by atoms with E-state index in [-0.39, 0.29) is 18.3 Å². The van der Waals surface area contributed by atoms with Crippen molar-refractivity contribution < 1.29 is 18.8 Å². The molecule has 0 spiro atoms. The molecule has 0 fully saturated rings. The molecule has 2 unspecified atom stereocenters. The van der Waals surface area contributed by atoms with Crippen LogP contribution in [0.2, 0.25) is 0 Å². The highest BCUT2D eigenvalue weighted by atomic mass is 31.1. The molecule has 5 nitrogen and oxygen atoms in total. The lowest BCUT2D eigenvalue weighted by Crippen LogP contribution is -2.21. The van der Waals surface area contributed by atoms with Gasteiger partial charge in [0, 0.05) is 28.3 Å². The minimum Gasteiger partial charge on any atom is -0.342 e. The summed E-state index contributed by atoms with van der Waals surface area (Å²) in [5, 5.41) is 0. The van der Waals surface area contributed by atoms with Crippen LogP contribution in [0.15, 0.2) is 42.5 Å². The molecule has 0 saturated heterocycles. The van der Waals surface area contributed by atoms with Crippen molar-refractivity contribution in [1.29, 1.82) is 0 Å². The summed E-state index contributed by atoms with van der Waals surface area (Å²) in [5.41, 5.74) is 2.34. The van der Waals surface area contributed by atoms with E-state index in [0.29, 0.717) is 11.3 Å². The Labute approximate surface area is 129 Å². The maximum atomic E-state index is 12.6. The van der Waals surface area contributed by atoms with Crippen molar-refractivity contribution in [3.05, 3.63) is 59.4 Å². The van der Waals surface area contributed by atoms with Gasteiger partial charge >= 0.3 is 8.25 Å². The second-order valence-electron chi connectivity index (χ2n) is 5.36. The predicted molar refractivity (Wildman–Crippen MR) is 82.1 cm³/mol. The van der Waals surface area contributed by atoms with E-state index in [0.717, 1.165) is 25.1 Å². The third kappa shape index (κ3) is 3.02. The van der Waals surface area contributed by atoms with E-state index in [1.165, 1.54) is 0 Å². The Morgan fingerprint density at radius 2 is 2.05 bits per heavy atom. The van der Waals surface area contributed by atoms with Gasteiger partial charge < -0.3 is 4.57 Å². The molecule has 22 heavy (non-hydrogen) atoms. The van der Waals surface area contributed by atoms with Crippen molar-refractivity contribution in [2.75, 3.05) is 6.61 Å². The highest BCUT2D eigenvalue weighted by molar-refractivity contribution is 7.32. The lowest BCUT2D eigenvalue weighted by atomic mass is 9.97. The Morgan fingerprint density at radius 1 is 1.27 bits per heavy atom. The van der Waals surface area contributed by atoms with Crippen LogP contribution < -0.4 is 0 Å². The first kappa shape index (κ1) is 15.1. The zero-order chi connectivity index (χ0) is 15.5. The van der Waals surface area contributed by atoms with Crippen molar-refractivity contribution in [1.82, 2.24) is 4.57 Å². The molecule has 2 aromatic rings. The van der Waals surface area contributed by atoms with Crippen LogP contribution in [0.5, 0.6) is 0 Å². The number of nitrogens with zero attached hydrogens (tertiary/aromatic N) is 1. The SMILES string of the molecule is O=C(c1ccccc1)c1ccc2n1CCCC2CO[P+](=O)O. The molecule has 1 aromatic heterocycles. The molecule has 0 saturated carbocycles. The summed E-state index contributed by atoms with van der Waals surface area (Å²) in [6.45, 7) is 0.993. The smallest absolute Gasteiger partial charge is 0.342 e. The highest BCUT2D eigenvalue weighted by Crippen LogP contribution is 2.32. The maximum absolute atomic E-state index is 12.6. The van der Waals surface area contributed by atoms with Crippen LogP contribution in [-0.2, 0) is 15.6 Å². The Hall–Kier alpha value is -1.81. The number of aromatic nitrogens is 1. The summed E-state index contributed by atoms with van der Waals surface area (Å²) < 4.78 is 17.6. The zero-order valence-electron chi connectivity index (χ0n) is 12.0. The first-order valence-corrected chi connectivity index (χ1v) is 8.38. The number of hydrogen-bond donors (Lipinski definition) is 1. The molecule has 0 aliphatic carbocycles. The van der Waals surface area contributed by atoms with E-state index in [9.17, 15) is 9.36 Å². The molecule has 0 amide bonds. The van der Waals surface area contributed by atoms with Crippen LogP contribution in [0.4, 0.5) is 0 Å². The minimum absolute atomic E-state index is 0.00153. The fourth-order valence-electron chi connectivity index (χ4n) is 2.99. The molecule has 2 heterocycles. The van der Waals surface area contributed by atoms with Crippen molar-refractivity contribution in [3.63, 3.8) is 0 Å². The normalized spacial score (nSPS) is 17.9. The maximum Gasteiger partial charge on any atom is 0.694 e. The van der Waals surface area contributed by atoms with Crippen LogP contribution in [-0.4, -0.2) is 21.9 Å². The van der Waals surface area contributed by atoms with Crippen LogP contribution in [0.3, 0.4) is 0 Å². The first-order valence-electron chi connectivity index (χ1n) is 7.25. The fourth-order valence-corrected chi connectivity index (χ4v) is 3.30. The Balaban J connectivity index is 1.87. The summed E-state index contributed by atoms with van der Waals surface area (Å²) in [7, 11) is -2.58. The molecule has 1 aliphatic heterocycles. The lowest BCUT2D eigenvalue weighted by molar-refractivity contribution is 0.102. The Kier molecular flexibility index (Phi) is 4.48. The second kappa shape index (κ2) is 6.53. The fraction of sp³-hybridized carbons (Fsp3) is 0.312. The molecule has 3 rings (SSSR count). The van der Waals surface area contributed by atoms with Gasteiger partial charge in [0.2, 0.25) is 5.78 Å². The third-order valence-electron chi connectivity index (χ3n) is 4.02. The predicted octanol–water partition coefficient (Wildman–Crippen LogP) is 3.26. The van der Waals surface area contributed by atoms with E-state index in [1.54, 1.807) is 0 Å². The van der Waals surface area contributed by atoms with Gasteiger partial charge in [-0.25, -0.2) is 0 Å². The van der Waals surface area contributed by atoms with Gasteiger partial charge in [0.05, 0.1) is 5.69 Å². The largest absolute Gasteiger partial charge is 0.694 e. The number of ketones is 1. The van der Waals surface area contributed by atoms with E-state index in [4.69, 9.17) is 9.42 Å². The van der Waals surface area contributed by atoms with Gasteiger partial charge in [0.25, 0.3) is 0 Å². The van der Waals surface area contributed by atoms with Crippen LogP contribution in [0.25, 0.3) is 0 Å². The minimum atomic E-state index is -2.58. The monoisotopic (exact) mass is 318 g/mol. The summed E-state index contributed by atoms with van der Waals surface area (Å²) >= 11 is 0. The van der Waals surface area contributed by atoms with Crippen LogP contribution in [0.1, 0.15) is 40.5 Å². The van der Waals surface area contributed by atoms with Gasteiger partial charge in [-0.2, -0.15) is 0 Å². The summed E-state index contributed by atoms with van der Waals surface area (Å²) in [5.74, 6) is 0.0545. The summed E-state index contributed by atoms with van der Waals surface area (Å²) in [6, 6.07) is 13.0. The molecule has 1 N–H and O–H groups in total. The van der Waals surface area contributed by atoms with E-state index >= 15 is 0 Å². The number of fused-ring (bicyclic) bond motifs is 1. The van der Waals surface area contributed by atoms with Crippen molar-refractivity contribution in [3.8, 4) is 0 Å². The van der Waals surface area contributed by atoms with Gasteiger partial charge in [-0.15, -0.1) is 9.42 Å². The van der Waals surface area contributed by atoms with E-state index in [1.807, 2.05) is 47.0 Å². The van der Waals surface area contributed by atoms with Gasteiger partial charge in [-0.05, 0) is 25.0 Å². The molecule has 0 bridgehead atoms. The molecular formula is C16H17NO4P+. The van der Waals surface area contributed by atoms with E-state index < -0.39 is 8.25 Å². The number of hydrogen-bond acceptors (Lipinski definition) is 3. The van der Waals surface area contributed by atoms with Crippen molar-refractivity contribution in [2.45, 2.75) is 25.3 Å². The van der Waals surface area contributed by atoms with Crippen molar-refractivity contribution in [2.24, 2.45) is 0 Å². The Bertz CT molecular complexity index is 695. The van der Waals surface area contributed by atoms with Crippen LogP contribution in [0, 0.1) is 0 Å². The second-order valence-corrected chi connectivity index (χ2v) is 6.10. The van der Waals surface area contributed by atoms with Gasteiger partial charge in [-0.1, -0.05) is 30.3 Å². The first-order chi connectivity index (χ1) is 10.7. The Morgan fingerprint density at radius 3 is 2.77 bits per heavy atom. The molecule has 1 aliphatic rings. The number of rotatable bonds is 5. The van der Waals surface area contributed by atoms with Gasteiger partial charge in [0.1, 0.15) is 6.61 Å². The summed E-state index contributed by atoms with van der Waals surface area (Å²) in [6.07, 6.45) is 1.82. The number of carbonyl (C=O) groups excluding carboxylic acids is 1. The molecular weight excluding hydrogens is 301 g/mol. The average molecular weight is 318 g/mol.